The Labute approximate surface area is 651 Å². The predicted octanol–water partition coefficient (Wildman–Crippen LogP) is 24.5. The van der Waals surface area contributed by atoms with E-state index in [0.29, 0.717) is 0 Å². The summed E-state index contributed by atoms with van der Waals surface area (Å²) in [7, 11) is 0. The topological polar surface area (TPSA) is 13.0 Å². The Morgan fingerprint density at radius 2 is 0.600 bits per heavy atom. The van der Waals surface area contributed by atoms with Crippen LogP contribution in [0.2, 0.25) is 0 Å². The number of fused-ring (bicyclic) bond motifs is 8. The van der Waals surface area contributed by atoms with Crippen LogP contribution in [0.25, 0.3) is 66.8 Å². The minimum atomic E-state index is -0.198. The van der Waals surface area contributed by atoms with Gasteiger partial charge in [0.25, 0.3) is 6.71 Å². The predicted molar refractivity (Wildman–Crippen MR) is 470 cm³/mol. The van der Waals surface area contributed by atoms with Gasteiger partial charge in [0.05, 0.1) is 17.1 Å². The van der Waals surface area contributed by atoms with Crippen molar-refractivity contribution in [1.82, 2.24) is 0 Å². The number of anilines is 12. The number of hydrogen-bond acceptors (Lipinski definition) is 5. The molecule has 20 rings (SSSR count). The molecule has 7 heteroatoms. The van der Waals surface area contributed by atoms with Crippen LogP contribution in [0.3, 0.4) is 0 Å². The van der Waals surface area contributed by atoms with Crippen molar-refractivity contribution < 1.29 is 0 Å². The number of para-hydroxylation sites is 7. The number of rotatable bonds is 18. The Balaban J connectivity index is 0.906. The van der Waals surface area contributed by atoms with Crippen molar-refractivity contribution in [3.8, 4) is 66.8 Å². The molecular formula is C103H78B2N4S. The first-order valence-corrected chi connectivity index (χ1v) is 39.8. The van der Waals surface area contributed by atoms with Gasteiger partial charge in [0.1, 0.15) is 0 Å². The minimum Gasteiger partial charge on any atom is -0.310 e. The fraction of sp³-hybridized carbons (Fsp3) is 0.0680. The van der Waals surface area contributed by atoms with Crippen molar-refractivity contribution in [3.05, 3.63) is 388 Å². The van der Waals surface area contributed by atoms with Gasteiger partial charge in [-0.05, 0) is 146 Å². The second-order valence-electron chi connectivity index (χ2n) is 29.4. The number of nitrogens with zero attached hydrogens (tertiary/aromatic N) is 4. The lowest BCUT2D eigenvalue weighted by Gasteiger charge is -2.47. The number of unbranched alkanes of at least 4 members (excludes halogenated alkanes) is 4. The summed E-state index contributed by atoms with van der Waals surface area (Å²) < 4.78 is 0. The maximum absolute atomic E-state index is 2.76. The first kappa shape index (κ1) is 66.6. The molecule has 0 saturated heterocycles. The fourth-order valence-electron chi connectivity index (χ4n) is 18.2. The van der Waals surface area contributed by atoms with E-state index in [4.69, 9.17) is 0 Å². The van der Waals surface area contributed by atoms with E-state index in [2.05, 4.69) is 409 Å². The normalized spacial score (nSPS) is 12.7. The Kier molecular flexibility index (Phi) is 17.4. The molecule has 4 nitrogen and oxygen atoms in total. The highest BCUT2D eigenvalue weighted by molar-refractivity contribution is 8.00. The standard InChI is InChI=1S/C103H78B2N4S/c1-2-3-4-5-14-38-71-65-94-99-95(66-71)109(103-85(76-47-23-10-24-48-76)59-37-60-86(103)77-49-25-11-26-50-77)93-70-97-90(69-89(93)104(99)87-61-31-33-63-91(87)107(94)101-81(72-39-15-6-16-40-72)55-35-56-82(101)73-41-17-7-18-42-73)105-88-62-32-34-64-92(88)108(102-83(74-43-19-8-20-44-74)57-36-58-84(102)75-45-21-9-22-46-75)96-67-80(68-98(110-97)100(96)105)106(78-51-27-12-28-52-78)79-53-29-13-30-54-79/h6-13,15-37,39-70H,2-5,14,38H2,1H3. The molecule has 16 aromatic rings. The van der Waals surface area contributed by atoms with Gasteiger partial charge in [-0.2, -0.15) is 0 Å². The highest BCUT2D eigenvalue weighted by Gasteiger charge is 2.49. The third-order valence-corrected chi connectivity index (χ3v) is 24.1. The second kappa shape index (κ2) is 28.7. The van der Waals surface area contributed by atoms with Crippen LogP contribution in [0.1, 0.15) is 44.6 Å². The molecular weight excluding hydrogens is 1350 g/mol. The Hall–Kier alpha value is -12.8. The van der Waals surface area contributed by atoms with Crippen LogP contribution in [0, 0.1) is 0 Å². The Morgan fingerprint density at radius 3 is 1.00 bits per heavy atom. The molecule has 0 fully saturated rings. The van der Waals surface area contributed by atoms with E-state index in [-0.39, 0.29) is 13.4 Å². The van der Waals surface area contributed by atoms with Crippen LogP contribution < -0.4 is 52.4 Å². The first-order chi connectivity index (χ1) is 54.6. The maximum Gasteiger partial charge on any atom is 0.252 e. The highest BCUT2D eigenvalue weighted by Crippen LogP contribution is 2.56. The summed E-state index contributed by atoms with van der Waals surface area (Å²) in [5, 5.41) is 0. The second-order valence-corrected chi connectivity index (χ2v) is 30.5. The van der Waals surface area contributed by atoms with E-state index in [1.807, 2.05) is 11.8 Å². The molecule has 0 radical (unpaired) electrons. The molecule has 0 N–H and O–H groups in total. The lowest BCUT2D eigenvalue weighted by atomic mass is 9.31. The van der Waals surface area contributed by atoms with Crippen molar-refractivity contribution in [2.75, 3.05) is 19.6 Å². The summed E-state index contributed by atoms with van der Waals surface area (Å²) in [4.78, 5) is 13.0. The Bertz CT molecular complexity index is 5890. The summed E-state index contributed by atoms with van der Waals surface area (Å²) in [6.45, 7) is 1.94. The van der Waals surface area contributed by atoms with Crippen LogP contribution >= 0.6 is 11.8 Å². The molecule has 0 spiro atoms. The average molecular weight is 1430 g/mol. The summed E-state index contributed by atoms with van der Waals surface area (Å²) in [5.74, 6) is 0. The molecule has 0 saturated carbocycles. The van der Waals surface area contributed by atoms with Crippen LogP contribution in [-0.2, 0) is 6.42 Å². The third kappa shape index (κ3) is 11.6. The van der Waals surface area contributed by atoms with E-state index in [9.17, 15) is 0 Å². The zero-order chi connectivity index (χ0) is 73.0. The van der Waals surface area contributed by atoms with Gasteiger partial charge in [-0.3, -0.25) is 0 Å². The molecule has 16 aromatic carbocycles. The lowest BCUT2D eigenvalue weighted by molar-refractivity contribution is 0.632. The number of hydrogen-bond donors (Lipinski definition) is 0. The Morgan fingerprint density at radius 1 is 0.255 bits per heavy atom. The largest absolute Gasteiger partial charge is 0.310 e. The summed E-state index contributed by atoms with van der Waals surface area (Å²) >= 11 is 1.94. The van der Waals surface area contributed by atoms with Crippen molar-refractivity contribution in [3.63, 3.8) is 0 Å². The maximum atomic E-state index is 2.76. The monoisotopic (exact) mass is 1420 g/mol. The molecule has 0 bridgehead atoms. The van der Waals surface area contributed by atoms with E-state index < -0.39 is 0 Å². The van der Waals surface area contributed by atoms with Gasteiger partial charge in [-0.1, -0.05) is 365 Å². The van der Waals surface area contributed by atoms with Crippen molar-refractivity contribution in [2.24, 2.45) is 0 Å². The fourth-order valence-corrected chi connectivity index (χ4v) is 19.4. The quantitative estimate of drug-likeness (QED) is 0.0625. The molecule has 4 heterocycles. The van der Waals surface area contributed by atoms with Gasteiger partial charge in [0.2, 0.25) is 6.71 Å². The van der Waals surface area contributed by atoms with E-state index in [1.54, 1.807) is 0 Å². The third-order valence-electron chi connectivity index (χ3n) is 23.0. The summed E-state index contributed by atoms with van der Waals surface area (Å²) in [5.41, 5.74) is 36.9. The van der Waals surface area contributed by atoms with Gasteiger partial charge >= 0.3 is 0 Å². The van der Waals surface area contributed by atoms with Gasteiger partial charge in [0, 0.05) is 94.4 Å². The molecule has 0 aromatic heterocycles. The summed E-state index contributed by atoms with van der Waals surface area (Å²) in [6, 6.07) is 144. The number of aryl methyl sites for hydroxylation is 1. The van der Waals surface area contributed by atoms with Crippen LogP contribution in [0.4, 0.5) is 68.2 Å². The van der Waals surface area contributed by atoms with Gasteiger partial charge in [-0.15, -0.1) is 0 Å². The molecule has 0 aliphatic carbocycles. The van der Waals surface area contributed by atoms with Crippen LogP contribution in [-0.4, -0.2) is 13.4 Å². The highest BCUT2D eigenvalue weighted by atomic mass is 32.2. The van der Waals surface area contributed by atoms with Crippen molar-refractivity contribution in [1.29, 1.82) is 0 Å². The van der Waals surface area contributed by atoms with E-state index >= 15 is 0 Å². The minimum absolute atomic E-state index is 0.184. The molecule has 522 valence electrons. The average Bonchev–Trinajstić information content (AvgIpc) is 0.685. The zero-order valence-corrected chi connectivity index (χ0v) is 62.3. The molecule has 0 atom stereocenters. The van der Waals surface area contributed by atoms with E-state index in [0.717, 1.165) is 86.0 Å². The summed E-state index contributed by atoms with van der Waals surface area (Å²) in [6.07, 6.45) is 6.85. The zero-order valence-electron chi connectivity index (χ0n) is 61.5. The smallest absolute Gasteiger partial charge is 0.252 e. The lowest BCUT2D eigenvalue weighted by Crippen LogP contribution is -2.64. The van der Waals surface area contributed by atoms with Gasteiger partial charge in [0.15, 0.2) is 0 Å². The molecule has 0 amide bonds. The first-order valence-electron chi connectivity index (χ1n) is 39.0. The molecule has 0 unspecified atom stereocenters. The molecule has 4 aliphatic rings. The van der Waals surface area contributed by atoms with Gasteiger partial charge < -0.3 is 19.6 Å². The molecule has 110 heavy (non-hydrogen) atoms. The SMILES string of the molecule is CCCCCCCc1cc2c3c(c1)N(c1c(-c4ccccc4)cccc1-c1ccccc1)c1cc4c(cc1B3c1ccccc1N2c1c(-c2ccccc2)cccc1-c1ccccc1)B1c2ccccc2N(c2c(-c3ccccc3)cccc2-c2ccccc2)c2cc(N(c3ccccc3)c3ccccc3)cc(c21)S4. The van der Waals surface area contributed by atoms with Crippen molar-refractivity contribution >= 4 is 126 Å². The van der Waals surface area contributed by atoms with Gasteiger partial charge in [-0.25, -0.2) is 0 Å². The number of benzene rings is 16. The van der Waals surface area contributed by atoms with Crippen molar-refractivity contribution in [2.45, 2.75) is 55.2 Å². The van der Waals surface area contributed by atoms with E-state index in [1.165, 1.54) is 136 Å². The molecule has 4 aliphatic heterocycles. The van der Waals surface area contributed by atoms with Crippen LogP contribution in [0.15, 0.2) is 392 Å². The van der Waals surface area contributed by atoms with Crippen LogP contribution in [0.5, 0.6) is 0 Å².